The molecule has 0 radical (unpaired) electrons. The van der Waals surface area contributed by atoms with Crippen LogP contribution in [0.4, 0.5) is 5.69 Å². The van der Waals surface area contributed by atoms with E-state index in [1.54, 1.807) is 20.1 Å². The molecule has 0 aromatic heterocycles. The number of benzene rings is 1. The first kappa shape index (κ1) is 9.71. The molecule has 0 fully saturated rings. The normalized spacial score (nSPS) is 10.1. The Morgan fingerprint density at radius 3 is 2.62 bits per heavy atom. The van der Waals surface area contributed by atoms with Gasteiger partial charge in [-0.2, -0.15) is 0 Å². The standard InChI is InChI=1S/C10H15NO2/c1-4-7-5-8(12)6(2)9(11)10(7)13-3/h5,12H,4,11H2,1-3H3. The Morgan fingerprint density at radius 2 is 2.15 bits per heavy atom. The summed E-state index contributed by atoms with van der Waals surface area (Å²) in [7, 11) is 1.58. The van der Waals surface area contributed by atoms with Crippen molar-refractivity contribution in [1.29, 1.82) is 0 Å². The molecule has 0 aliphatic carbocycles. The first-order valence-electron chi connectivity index (χ1n) is 4.26. The molecule has 0 unspecified atom stereocenters. The average molecular weight is 181 g/mol. The van der Waals surface area contributed by atoms with Crippen molar-refractivity contribution in [2.75, 3.05) is 12.8 Å². The Bertz CT molecular complexity index is 321. The quantitative estimate of drug-likeness (QED) is 0.684. The van der Waals surface area contributed by atoms with E-state index < -0.39 is 0 Å². The lowest BCUT2D eigenvalue weighted by atomic mass is 10.1. The molecule has 0 saturated heterocycles. The van der Waals surface area contributed by atoms with Gasteiger partial charge in [0, 0.05) is 5.56 Å². The zero-order valence-electron chi connectivity index (χ0n) is 8.22. The third kappa shape index (κ3) is 1.54. The molecule has 3 N–H and O–H groups in total. The number of aromatic hydroxyl groups is 1. The summed E-state index contributed by atoms with van der Waals surface area (Å²) in [6.07, 6.45) is 0.793. The molecule has 0 bridgehead atoms. The van der Waals surface area contributed by atoms with Crippen LogP contribution in [0.15, 0.2) is 6.07 Å². The highest BCUT2D eigenvalue weighted by Crippen LogP contribution is 2.35. The van der Waals surface area contributed by atoms with Crippen LogP contribution in [0.3, 0.4) is 0 Å². The molecule has 0 heterocycles. The molecule has 1 aromatic carbocycles. The number of aryl methyl sites for hydroxylation is 1. The van der Waals surface area contributed by atoms with E-state index in [2.05, 4.69) is 0 Å². The fourth-order valence-corrected chi connectivity index (χ4v) is 1.32. The van der Waals surface area contributed by atoms with Crippen LogP contribution < -0.4 is 10.5 Å². The third-order valence-electron chi connectivity index (χ3n) is 2.22. The van der Waals surface area contributed by atoms with E-state index in [0.29, 0.717) is 17.0 Å². The Morgan fingerprint density at radius 1 is 1.54 bits per heavy atom. The zero-order chi connectivity index (χ0) is 10.0. The van der Waals surface area contributed by atoms with E-state index in [9.17, 15) is 5.11 Å². The minimum atomic E-state index is 0.232. The van der Waals surface area contributed by atoms with Gasteiger partial charge in [0.25, 0.3) is 0 Å². The smallest absolute Gasteiger partial charge is 0.145 e. The Labute approximate surface area is 78.1 Å². The molecule has 0 aliphatic heterocycles. The van der Waals surface area contributed by atoms with Gasteiger partial charge in [-0.15, -0.1) is 0 Å². The molecule has 72 valence electrons. The Balaban J connectivity index is 3.39. The SMILES string of the molecule is CCc1cc(O)c(C)c(N)c1OC. The van der Waals surface area contributed by atoms with E-state index in [1.807, 2.05) is 6.92 Å². The number of rotatable bonds is 2. The molecule has 0 amide bonds. The van der Waals surface area contributed by atoms with Gasteiger partial charge >= 0.3 is 0 Å². The van der Waals surface area contributed by atoms with Crippen LogP contribution in [0, 0.1) is 6.92 Å². The number of nitrogen functional groups attached to an aromatic ring is 1. The topological polar surface area (TPSA) is 55.5 Å². The number of nitrogens with two attached hydrogens (primary N) is 1. The summed E-state index contributed by atoms with van der Waals surface area (Å²) in [6, 6.07) is 1.70. The van der Waals surface area contributed by atoms with Crippen LogP contribution in [0.1, 0.15) is 18.1 Å². The lowest BCUT2D eigenvalue weighted by molar-refractivity contribution is 0.409. The largest absolute Gasteiger partial charge is 0.508 e. The monoisotopic (exact) mass is 181 g/mol. The van der Waals surface area contributed by atoms with Crippen molar-refractivity contribution in [3.8, 4) is 11.5 Å². The second kappa shape index (κ2) is 3.56. The zero-order valence-corrected chi connectivity index (χ0v) is 8.22. The van der Waals surface area contributed by atoms with Gasteiger partial charge in [0.2, 0.25) is 0 Å². The minimum Gasteiger partial charge on any atom is -0.508 e. The fraction of sp³-hybridized carbons (Fsp3) is 0.400. The number of ether oxygens (including phenoxy) is 1. The first-order valence-corrected chi connectivity index (χ1v) is 4.26. The average Bonchev–Trinajstić information content (AvgIpc) is 2.13. The lowest BCUT2D eigenvalue weighted by Crippen LogP contribution is -1.99. The van der Waals surface area contributed by atoms with Crippen molar-refractivity contribution >= 4 is 5.69 Å². The number of methoxy groups -OCH3 is 1. The molecule has 1 rings (SSSR count). The van der Waals surface area contributed by atoms with Crippen molar-refractivity contribution in [3.63, 3.8) is 0 Å². The highest BCUT2D eigenvalue weighted by Gasteiger charge is 2.11. The molecule has 13 heavy (non-hydrogen) atoms. The molecular weight excluding hydrogens is 166 g/mol. The van der Waals surface area contributed by atoms with Crippen LogP contribution in [0.2, 0.25) is 0 Å². The van der Waals surface area contributed by atoms with Gasteiger partial charge in [0.1, 0.15) is 11.5 Å². The number of phenolic OH excluding ortho intramolecular Hbond substituents is 1. The van der Waals surface area contributed by atoms with Gasteiger partial charge in [0.05, 0.1) is 12.8 Å². The minimum absolute atomic E-state index is 0.232. The van der Waals surface area contributed by atoms with E-state index in [4.69, 9.17) is 10.5 Å². The summed E-state index contributed by atoms with van der Waals surface area (Å²) in [5.41, 5.74) is 7.92. The van der Waals surface area contributed by atoms with Crippen molar-refractivity contribution in [2.24, 2.45) is 0 Å². The first-order chi connectivity index (χ1) is 6.11. The summed E-state index contributed by atoms with van der Waals surface area (Å²) in [5.74, 6) is 0.910. The molecule has 3 heteroatoms. The molecule has 3 nitrogen and oxygen atoms in total. The maximum Gasteiger partial charge on any atom is 0.145 e. The summed E-state index contributed by atoms with van der Waals surface area (Å²) >= 11 is 0. The predicted molar refractivity (Wildman–Crippen MR) is 53.2 cm³/mol. The molecule has 0 aliphatic rings. The van der Waals surface area contributed by atoms with Crippen LogP contribution in [0.5, 0.6) is 11.5 Å². The summed E-state index contributed by atoms with van der Waals surface area (Å²) in [5, 5.41) is 9.50. The fourth-order valence-electron chi connectivity index (χ4n) is 1.32. The van der Waals surface area contributed by atoms with Crippen LogP contribution in [0.25, 0.3) is 0 Å². The molecule has 0 spiro atoms. The Hall–Kier alpha value is -1.38. The molecule has 1 aromatic rings. The predicted octanol–water partition coefficient (Wildman–Crippen LogP) is 1.85. The van der Waals surface area contributed by atoms with Crippen LogP contribution >= 0.6 is 0 Å². The highest BCUT2D eigenvalue weighted by molar-refractivity contribution is 5.66. The van der Waals surface area contributed by atoms with Crippen molar-refractivity contribution in [1.82, 2.24) is 0 Å². The van der Waals surface area contributed by atoms with Crippen molar-refractivity contribution in [2.45, 2.75) is 20.3 Å². The second-order valence-electron chi connectivity index (χ2n) is 2.98. The van der Waals surface area contributed by atoms with E-state index in [1.165, 1.54) is 0 Å². The maximum atomic E-state index is 9.50. The van der Waals surface area contributed by atoms with Gasteiger partial charge in [0.15, 0.2) is 0 Å². The Kier molecular flexibility index (Phi) is 2.66. The van der Waals surface area contributed by atoms with Crippen LogP contribution in [-0.2, 0) is 6.42 Å². The lowest BCUT2D eigenvalue weighted by Gasteiger charge is -2.13. The van der Waals surface area contributed by atoms with Gasteiger partial charge in [-0.1, -0.05) is 6.92 Å². The molecule has 0 saturated carbocycles. The van der Waals surface area contributed by atoms with Crippen molar-refractivity contribution in [3.05, 3.63) is 17.2 Å². The maximum absolute atomic E-state index is 9.50. The number of hydrogen-bond acceptors (Lipinski definition) is 3. The summed E-state index contributed by atoms with van der Waals surface area (Å²) in [6.45, 7) is 3.76. The third-order valence-corrected chi connectivity index (χ3v) is 2.22. The van der Waals surface area contributed by atoms with Gasteiger partial charge < -0.3 is 15.6 Å². The highest BCUT2D eigenvalue weighted by atomic mass is 16.5. The van der Waals surface area contributed by atoms with E-state index >= 15 is 0 Å². The number of hydrogen-bond donors (Lipinski definition) is 2. The van der Waals surface area contributed by atoms with E-state index in [-0.39, 0.29) is 5.75 Å². The van der Waals surface area contributed by atoms with Gasteiger partial charge in [-0.25, -0.2) is 0 Å². The number of phenols is 1. The second-order valence-corrected chi connectivity index (χ2v) is 2.98. The van der Waals surface area contributed by atoms with Crippen LogP contribution in [-0.4, -0.2) is 12.2 Å². The number of anilines is 1. The van der Waals surface area contributed by atoms with Gasteiger partial charge in [-0.05, 0) is 25.0 Å². The van der Waals surface area contributed by atoms with Crippen molar-refractivity contribution < 1.29 is 9.84 Å². The summed E-state index contributed by atoms with van der Waals surface area (Å²) in [4.78, 5) is 0. The summed E-state index contributed by atoms with van der Waals surface area (Å²) < 4.78 is 5.17. The molecular formula is C10H15NO2. The van der Waals surface area contributed by atoms with E-state index in [0.717, 1.165) is 12.0 Å². The molecule has 0 atom stereocenters. The van der Waals surface area contributed by atoms with Gasteiger partial charge in [-0.3, -0.25) is 0 Å².